The van der Waals surface area contributed by atoms with E-state index in [2.05, 4.69) is 0 Å². The van der Waals surface area contributed by atoms with Gasteiger partial charge in [0.25, 0.3) is 0 Å². The Labute approximate surface area is 148 Å². The highest BCUT2D eigenvalue weighted by molar-refractivity contribution is 6.36. The molecular weight excluding hydrogens is 345 g/mol. The Morgan fingerprint density at radius 1 is 1.04 bits per heavy atom. The summed E-state index contributed by atoms with van der Waals surface area (Å²) < 4.78 is 0. The molecule has 0 unspecified atom stereocenters. The van der Waals surface area contributed by atoms with Gasteiger partial charge in [-0.2, -0.15) is 0 Å². The van der Waals surface area contributed by atoms with Crippen molar-refractivity contribution < 1.29 is 9.90 Å². The molecular formula is C19H13Cl2NO2. The first-order valence-corrected chi connectivity index (χ1v) is 8.44. The van der Waals surface area contributed by atoms with Crippen LogP contribution >= 0.6 is 23.2 Å². The summed E-state index contributed by atoms with van der Waals surface area (Å²) in [5, 5.41) is 11.3. The van der Waals surface area contributed by atoms with Gasteiger partial charge in [-0.05, 0) is 66.8 Å². The molecule has 1 heterocycles. The molecule has 120 valence electrons. The standard InChI is InChI=1S/C19H13Cl2NO2/c20-11-5-6-14(16(21)9-11)18-13-3-1-2-12(13)15-8-10(19(23)24)4-7-17(15)22-18/h4-9H,1-3H2,(H,23,24). The highest BCUT2D eigenvalue weighted by atomic mass is 35.5. The molecule has 1 N–H and O–H groups in total. The molecule has 0 saturated carbocycles. The number of rotatable bonds is 2. The predicted octanol–water partition coefficient (Wildman–Crippen LogP) is 5.40. The smallest absolute Gasteiger partial charge is 0.335 e. The quantitative estimate of drug-likeness (QED) is 0.668. The summed E-state index contributed by atoms with van der Waals surface area (Å²) >= 11 is 12.4. The topological polar surface area (TPSA) is 50.2 Å². The first-order valence-electron chi connectivity index (χ1n) is 7.69. The molecule has 0 aliphatic heterocycles. The second-order valence-corrected chi connectivity index (χ2v) is 6.78. The number of benzene rings is 2. The summed E-state index contributed by atoms with van der Waals surface area (Å²) in [6.07, 6.45) is 2.88. The summed E-state index contributed by atoms with van der Waals surface area (Å²) in [5.74, 6) is -0.923. The molecule has 1 aliphatic rings. The van der Waals surface area contributed by atoms with E-state index in [-0.39, 0.29) is 5.56 Å². The third kappa shape index (κ3) is 2.45. The van der Waals surface area contributed by atoms with E-state index in [0.29, 0.717) is 10.0 Å². The van der Waals surface area contributed by atoms with E-state index in [1.807, 2.05) is 12.1 Å². The van der Waals surface area contributed by atoms with Gasteiger partial charge in [0.15, 0.2) is 0 Å². The largest absolute Gasteiger partial charge is 0.478 e. The number of pyridine rings is 1. The Morgan fingerprint density at radius 2 is 1.83 bits per heavy atom. The van der Waals surface area contributed by atoms with Crippen LogP contribution in [0.25, 0.3) is 22.2 Å². The summed E-state index contributed by atoms with van der Waals surface area (Å²) in [6.45, 7) is 0. The fourth-order valence-corrected chi connectivity index (χ4v) is 3.90. The maximum absolute atomic E-state index is 11.3. The Morgan fingerprint density at radius 3 is 2.58 bits per heavy atom. The number of fused-ring (bicyclic) bond motifs is 3. The van der Waals surface area contributed by atoms with Crippen molar-refractivity contribution in [1.29, 1.82) is 0 Å². The number of carboxylic acid groups (broad SMARTS) is 1. The van der Waals surface area contributed by atoms with E-state index in [1.54, 1.807) is 24.3 Å². The van der Waals surface area contributed by atoms with Gasteiger partial charge >= 0.3 is 5.97 Å². The number of aromatic nitrogens is 1. The number of nitrogens with zero attached hydrogens (tertiary/aromatic N) is 1. The predicted molar refractivity (Wildman–Crippen MR) is 96.2 cm³/mol. The molecule has 0 atom stereocenters. The van der Waals surface area contributed by atoms with Crippen molar-refractivity contribution in [3.8, 4) is 11.3 Å². The molecule has 5 heteroatoms. The van der Waals surface area contributed by atoms with Crippen LogP contribution in [0.1, 0.15) is 27.9 Å². The zero-order chi connectivity index (χ0) is 16.8. The molecule has 4 rings (SSSR count). The first kappa shape index (κ1) is 15.4. The lowest BCUT2D eigenvalue weighted by Crippen LogP contribution is -2.00. The summed E-state index contributed by atoms with van der Waals surface area (Å²) in [5.41, 5.74) is 5.17. The zero-order valence-electron chi connectivity index (χ0n) is 12.6. The fraction of sp³-hybridized carbons (Fsp3) is 0.158. The monoisotopic (exact) mass is 357 g/mol. The van der Waals surface area contributed by atoms with E-state index in [1.165, 1.54) is 5.56 Å². The van der Waals surface area contributed by atoms with Gasteiger partial charge in [-0.1, -0.05) is 23.2 Å². The number of hydrogen-bond acceptors (Lipinski definition) is 2. The van der Waals surface area contributed by atoms with Crippen molar-refractivity contribution in [3.05, 3.63) is 63.1 Å². The molecule has 0 spiro atoms. The van der Waals surface area contributed by atoms with Crippen LogP contribution in [0, 0.1) is 0 Å². The molecule has 1 aromatic heterocycles. The molecule has 3 aromatic rings. The van der Waals surface area contributed by atoms with Crippen molar-refractivity contribution in [2.75, 3.05) is 0 Å². The van der Waals surface area contributed by atoms with Gasteiger partial charge in [0.2, 0.25) is 0 Å². The normalized spacial score (nSPS) is 13.2. The summed E-state index contributed by atoms with van der Waals surface area (Å²) in [4.78, 5) is 16.0. The van der Waals surface area contributed by atoms with E-state index in [4.69, 9.17) is 28.2 Å². The van der Waals surface area contributed by atoms with Crippen molar-refractivity contribution in [1.82, 2.24) is 4.98 Å². The molecule has 0 radical (unpaired) electrons. The van der Waals surface area contributed by atoms with Crippen molar-refractivity contribution in [2.24, 2.45) is 0 Å². The Bertz CT molecular complexity index is 998. The third-order valence-corrected chi connectivity index (χ3v) is 5.04. The van der Waals surface area contributed by atoms with Crippen LogP contribution in [0.5, 0.6) is 0 Å². The maximum atomic E-state index is 11.3. The van der Waals surface area contributed by atoms with Gasteiger partial charge in [0, 0.05) is 16.0 Å². The minimum atomic E-state index is -0.923. The second-order valence-electron chi connectivity index (χ2n) is 5.93. The van der Waals surface area contributed by atoms with Crippen LogP contribution in [-0.2, 0) is 12.8 Å². The highest BCUT2D eigenvalue weighted by Crippen LogP contribution is 2.39. The van der Waals surface area contributed by atoms with Gasteiger partial charge in [0.1, 0.15) is 0 Å². The fourth-order valence-electron chi connectivity index (χ4n) is 3.40. The molecule has 0 fully saturated rings. The lowest BCUT2D eigenvalue weighted by Gasteiger charge is -2.13. The van der Waals surface area contributed by atoms with Crippen LogP contribution in [0.15, 0.2) is 36.4 Å². The SMILES string of the molecule is O=C(O)c1ccc2nc(-c3ccc(Cl)cc3Cl)c3c(c2c1)CCC3. The van der Waals surface area contributed by atoms with E-state index < -0.39 is 5.97 Å². The number of carboxylic acids is 1. The second kappa shape index (κ2) is 5.76. The molecule has 0 amide bonds. The van der Waals surface area contributed by atoms with E-state index in [0.717, 1.165) is 47.0 Å². The number of halogens is 2. The lowest BCUT2D eigenvalue weighted by molar-refractivity contribution is 0.0697. The number of hydrogen-bond donors (Lipinski definition) is 1. The van der Waals surface area contributed by atoms with Crippen molar-refractivity contribution >= 4 is 40.1 Å². The Balaban J connectivity index is 2.01. The van der Waals surface area contributed by atoms with Crippen LogP contribution < -0.4 is 0 Å². The number of carbonyl (C=O) groups is 1. The van der Waals surface area contributed by atoms with E-state index in [9.17, 15) is 9.90 Å². The van der Waals surface area contributed by atoms with Crippen LogP contribution in [0.2, 0.25) is 10.0 Å². The van der Waals surface area contributed by atoms with Crippen LogP contribution in [0.3, 0.4) is 0 Å². The van der Waals surface area contributed by atoms with Gasteiger partial charge in [0.05, 0.1) is 21.8 Å². The number of aromatic carboxylic acids is 1. The average molecular weight is 358 g/mol. The van der Waals surface area contributed by atoms with Crippen molar-refractivity contribution in [3.63, 3.8) is 0 Å². The summed E-state index contributed by atoms with van der Waals surface area (Å²) in [6, 6.07) is 10.5. The maximum Gasteiger partial charge on any atom is 0.335 e. The first-order chi connectivity index (χ1) is 11.5. The van der Waals surface area contributed by atoms with Gasteiger partial charge in [-0.15, -0.1) is 0 Å². The van der Waals surface area contributed by atoms with Crippen LogP contribution in [-0.4, -0.2) is 16.1 Å². The molecule has 0 saturated heterocycles. The lowest BCUT2D eigenvalue weighted by atomic mass is 9.97. The Kier molecular flexibility index (Phi) is 3.70. The van der Waals surface area contributed by atoms with Gasteiger partial charge in [-0.3, -0.25) is 0 Å². The van der Waals surface area contributed by atoms with Gasteiger partial charge in [-0.25, -0.2) is 9.78 Å². The van der Waals surface area contributed by atoms with Crippen LogP contribution in [0.4, 0.5) is 0 Å². The average Bonchev–Trinajstić information content (AvgIpc) is 3.04. The minimum absolute atomic E-state index is 0.288. The number of aryl methyl sites for hydroxylation is 1. The molecule has 0 bridgehead atoms. The van der Waals surface area contributed by atoms with E-state index >= 15 is 0 Å². The Hall–Kier alpha value is -2.10. The summed E-state index contributed by atoms with van der Waals surface area (Å²) in [7, 11) is 0. The zero-order valence-corrected chi connectivity index (χ0v) is 14.2. The van der Waals surface area contributed by atoms with Crippen molar-refractivity contribution in [2.45, 2.75) is 19.3 Å². The minimum Gasteiger partial charge on any atom is -0.478 e. The molecule has 1 aliphatic carbocycles. The highest BCUT2D eigenvalue weighted by Gasteiger charge is 2.22. The third-order valence-electron chi connectivity index (χ3n) is 4.49. The molecule has 3 nitrogen and oxygen atoms in total. The van der Waals surface area contributed by atoms with Gasteiger partial charge < -0.3 is 5.11 Å². The molecule has 24 heavy (non-hydrogen) atoms. The molecule has 2 aromatic carbocycles.